The van der Waals surface area contributed by atoms with Gasteiger partial charge < -0.3 is 19.8 Å². The topological polar surface area (TPSA) is 80.6 Å². The van der Waals surface area contributed by atoms with Crippen LogP contribution in [0.25, 0.3) is 11.0 Å². The highest BCUT2D eigenvalue weighted by atomic mass is 19.4. The Morgan fingerprint density at radius 3 is 2.57 bits per heavy atom. The van der Waals surface area contributed by atoms with Gasteiger partial charge in [0.15, 0.2) is 0 Å². The number of halogens is 3. The molecule has 0 fully saturated rings. The minimum atomic E-state index is -4.38. The third kappa shape index (κ3) is 8.19. The highest BCUT2D eigenvalue weighted by molar-refractivity contribution is 5.81. The molecule has 9 heteroatoms. The molecule has 1 heterocycles. The number of nitrogens with one attached hydrogen (secondary N) is 2. The van der Waals surface area contributed by atoms with Gasteiger partial charge >= 0.3 is 12.3 Å². The Kier molecular flexibility index (Phi) is 8.64. The average molecular weight is 493 g/mol. The summed E-state index contributed by atoms with van der Waals surface area (Å²) in [5, 5.41) is 6.45. The molecule has 1 aliphatic carbocycles. The fraction of sp³-hybridized carbons (Fsp3) is 0.462. The number of para-hydroxylation sites is 1. The third-order valence-electron chi connectivity index (χ3n) is 5.77. The molecule has 3 rings (SSSR count). The number of allylic oxidation sites excluding steroid dienone is 3. The van der Waals surface area contributed by atoms with Crippen LogP contribution in [-0.4, -0.2) is 30.3 Å². The molecule has 0 radical (unpaired) electrons. The van der Waals surface area contributed by atoms with Crippen molar-refractivity contribution >= 4 is 23.0 Å². The predicted octanol–water partition coefficient (Wildman–Crippen LogP) is 6.18. The van der Waals surface area contributed by atoms with Crippen LogP contribution in [-0.2, 0) is 16.1 Å². The Balaban J connectivity index is 1.27. The fourth-order valence-corrected chi connectivity index (χ4v) is 3.84. The number of fused-ring (bicyclic) bond motifs is 1. The Labute approximate surface area is 202 Å². The van der Waals surface area contributed by atoms with Crippen molar-refractivity contribution in [1.82, 2.24) is 10.6 Å². The lowest BCUT2D eigenvalue weighted by molar-refractivity contribution is -0.123. The van der Waals surface area contributed by atoms with Crippen molar-refractivity contribution in [2.45, 2.75) is 64.3 Å². The summed E-state index contributed by atoms with van der Waals surface area (Å²) in [6.45, 7) is 4.35. The van der Waals surface area contributed by atoms with Crippen LogP contribution < -0.4 is 10.6 Å². The van der Waals surface area contributed by atoms with Crippen LogP contribution in [0.3, 0.4) is 0 Å². The van der Waals surface area contributed by atoms with E-state index in [2.05, 4.69) is 10.6 Å². The lowest BCUT2D eigenvalue weighted by Gasteiger charge is -2.25. The maximum Gasteiger partial charge on any atom is 0.416 e. The van der Waals surface area contributed by atoms with Crippen LogP contribution in [0.5, 0.6) is 0 Å². The van der Waals surface area contributed by atoms with Crippen LogP contribution in [0.2, 0.25) is 0 Å². The van der Waals surface area contributed by atoms with E-state index in [9.17, 15) is 22.8 Å². The Morgan fingerprint density at radius 1 is 1.11 bits per heavy atom. The lowest BCUT2D eigenvalue weighted by Crippen LogP contribution is -2.34. The quantitative estimate of drug-likeness (QED) is 0.388. The summed E-state index contributed by atoms with van der Waals surface area (Å²) >= 11 is 0. The Hall–Kier alpha value is -3.23. The highest BCUT2D eigenvalue weighted by Gasteiger charge is 2.33. The van der Waals surface area contributed by atoms with E-state index in [0.29, 0.717) is 18.7 Å². The molecule has 2 aromatic rings. The minimum absolute atomic E-state index is 0.0428. The smallest absolute Gasteiger partial charge is 0.416 e. The van der Waals surface area contributed by atoms with Crippen molar-refractivity contribution in [2.75, 3.05) is 6.54 Å². The van der Waals surface area contributed by atoms with Gasteiger partial charge in [0.1, 0.15) is 16.9 Å². The van der Waals surface area contributed by atoms with E-state index in [1.54, 1.807) is 0 Å². The molecule has 2 amide bonds. The molecule has 190 valence electrons. The third-order valence-corrected chi connectivity index (χ3v) is 5.77. The van der Waals surface area contributed by atoms with Crippen molar-refractivity contribution in [1.29, 1.82) is 0 Å². The number of carbonyl (C=O) groups excluding carboxylic acids is 2. The van der Waals surface area contributed by atoms with Gasteiger partial charge in [0.25, 0.3) is 0 Å². The number of alkyl carbamates (subject to hydrolysis) is 1. The molecule has 0 saturated heterocycles. The molecule has 1 atom stereocenters. The molecule has 2 N–H and O–H groups in total. The van der Waals surface area contributed by atoms with E-state index in [0.717, 1.165) is 42.4 Å². The zero-order valence-electron chi connectivity index (χ0n) is 19.9. The Bertz CT molecular complexity index is 1050. The number of amides is 2. The summed E-state index contributed by atoms with van der Waals surface area (Å²) in [5.41, 5.74) is -0.609. The van der Waals surface area contributed by atoms with Crippen molar-refractivity contribution in [3.63, 3.8) is 0 Å². The first-order chi connectivity index (χ1) is 16.5. The second-order valence-electron chi connectivity index (χ2n) is 9.21. The molecule has 1 aromatic carbocycles. The largest absolute Gasteiger partial charge is 0.459 e. The van der Waals surface area contributed by atoms with Crippen molar-refractivity contribution < 1.29 is 31.9 Å². The number of furan rings is 1. The van der Waals surface area contributed by atoms with Crippen LogP contribution in [0.15, 0.2) is 58.6 Å². The van der Waals surface area contributed by atoms with E-state index in [1.165, 1.54) is 6.08 Å². The molecule has 0 bridgehead atoms. The van der Waals surface area contributed by atoms with Gasteiger partial charge in [-0.2, -0.15) is 13.2 Å². The van der Waals surface area contributed by atoms with Gasteiger partial charge in [-0.15, -0.1) is 0 Å². The molecular formula is C26H31F3N2O4. The molecule has 1 unspecified atom stereocenters. The number of benzene rings is 1. The lowest BCUT2D eigenvalue weighted by atomic mass is 9.95. The van der Waals surface area contributed by atoms with Crippen LogP contribution >= 0.6 is 0 Å². The maximum atomic E-state index is 12.6. The van der Waals surface area contributed by atoms with Crippen LogP contribution in [0.4, 0.5) is 18.0 Å². The molecule has 35 heavy (non-hydrogen) atoms. The second-order valence-corrected chi connectivity index (χ2v) is 9.21. The normalized spacial score (nSPS) is 16.1. The number of carbonyl (C=O) groups is 2. The first-order valence-corrected chi connectivity index (χ1v) is 11.7. The molecule has 1 aromatic heterocycles. The number of unbranched alkanes of at least 4 members (excludes halogenated alkanes) is 2. The van der Waals surface area contributed by atoms with Gasteiger partial charge in [0.2, 0.25) is 5.91 Å². The summed E-state index contributed by atoms with van der Waals surface area (Å²) in [6, 6.07) is 9.48. The van der Waals surface area contributed by atoms with Crippen LogP contribution in [0, 0.1) is 5.92 Å². The fourth-order valence-electron chi connectivity index (χ4n) is 3.84. The van der Waals surface area contributed by atoms with E-state index in [4.69, 9.17) is 9.15 Å². The summed E-state index contributed by atoms with van der Waals surface area (Å²) in [5.74, 6) is -0.210. The number of hydrogen-bond donors (Lipinski definition) is 2. The molecular weight excluding hydrogens is 461 g/mol. The molecule has 6 nitrogen and oxygen atoms in total. The number of alkyl halides is 3. The van der Waals surface area contributed by atoms with Gasteiger partial charge in [-0.05, 0) is 51.7 Å². The second kappa shape index (κ2) is 11.5. The highest BCUT2D eigenvalue weighted by Crippen LogP contribution is 2.30. The molecule has 0 spiro atoms. The van der Waals surface area contributed by atoms with Gasteiger partial charge in [-0.1, -0.05) is 42.8 Å². The number of ether oxygens (including phenoxy) is 1. The van der Waals surface area contributed by atoms with E-state index in [1.807, 2.05) is 44.2 Å². The summed E-state index contributed by atoms with van der Waals surface area (Å²) in [6.07, 6.45) is 1.43. The zero-order chi connectivity index (χ0) is 25.5. The van der Waals surface area contributed by atoms with Gasteiger partial charge in [0, 0.05) is 11.9 Å². The summed E-state index contributed by atoms with van der Waals surface area (Å²) in [4.78, 5) is 24.3. The molecule has 1 aliphatic rings. The van der Waals surface area contributed by atoms with E-state index < -0.39 is 29.4 Å². The molecule has 0 aliphatic heterocycles. The molecule has 0 saturated carbocycles. The maximum absolute atomic E-state index is 12.6. The SMILES string of the molecule is CC(C)(CCCCCNC(=O)C1C=CC(C(F)(F)F)=CC1)OC(=O)NCc1cc2ccccc2o1. The van der Waals surface area contributed by atoms with E-state index >= 15 is 0 Å². The monoisotopic (exact) mass is 492 g/mol. The van der Waals surface area contributed by atoms with Gasteiger partial charge in [-0.3, -0.25) is 4.79 Å². The van der Waals surface area contributed by atoms with Crippen molar-refractivity contribution in [2.24, 2.45) is 5.92 Å². The number of rotatable bonds is 10. The summed E-state index contributed by atoms with van der Waals surface area (Å²) < 4.78 is 49.1. The van der Waals surface area contributed by atoms with Gasteiger partial charge in [-0.25, -0.2) is 4.79 Å². The van der Waals surface area contributed by atoms with Crippen molar-refractivity contribution in [3.05, 3.63) is 59.9 Å². The minimum Gasteiger partial charge on any atom is -0.459 e. The number of hydrogen-bond acceptors (Lipinski definition) is 4. The predicted molar refractivity (Wildman–Crippen MR) is 126 cm³/mol. The zero-order valence-corrected chi connectivity index (χ0v) is 19.9. The average Bonchev–Trinajstić information content (AvgIpc) is 3.22. The standard InChI is InChI=1S/C26H31F3N2O4/c1-25(2,35-24(33)31-17-21-16-19-8-4-5-9-22(19)34-21)14-6-3-7-15-30-23(32)18-10-12-20(13-11-18)26(27,28)29/h4-5,8-10,12-13,16,18H,3,6-7,11,14-15,17H2,1-2H3,(H,30,32)(H,31,33). The first kappa shape index (κ1) is 26.4. The summed E-state index contributed by atoms with van der Waals surface area (Å²) in [7, 11) is 0. The Morgan fingerprint density at radius 2 is 1.89 bits per heavy atom. The van der Waals surface area contributed by atoms with Crippen LogP contribution in [0.1, 0.15) is 51.7 Å². The van der Waals surface area contributed by atoms with E-state index in [-0.39, 0.29) is 18.9 Å². The first-order valence-electron chi connectivity index (χ1n) is 11.7. The van der Waals surface area contributed by atoms with Gasteiger partial charge in [0.05, 0.1) is 18.0 Å². The van der Waals surface area contributed by atoms with Crippen molar-refractivity contribution in [3.8, 4) is 0 Å².